The van der Waals surface area contributed by atoms with Gasteiger partial charge in [0.05, 0.1) is 12.2 Å². The second-order valence-corrected chi connectivity index (χ2v) is 7.46. The van der Waals surface area contributed by atoms with Crippen LogP contribution in [0.5, 0.6) is 0 Å². The van der Waals surface area contributed by atoms with E-state index < -0.39 is 0 Å². The Morgan fingerprint density at radius 2 is 1.76 bits per heavy atom. The van der Waals surface area contributed by atoms with Crippen molar-refractivity contribution in [3.63, 3.8) is 0 Å². The van der Waals surface area contributed by atoms with Gasteiger partial charge in [0.15, 0.2) is 10.6 Å². The number of hydrogen-bond acceptors (Lipinski definition) is 4. The van der Waals surface area contributed by atoms with Crippen LogP contribution in [-0.2, 0) is 13.7 Å². The van der Waals surface area contributed by atoms with Crippen molar-refractivity contribution < 1.29 is 4.39 Å². The van der Waals surface area contributed by atoms with E-state index >= 15 is 0 Å². The number of benzene rings is 1. The molecule has 1 aromatic carbocycles. The number of hydrogen-bond donors (Lipinski definition) is 0. The first kappa shape index (κ1) is 18.2. The minimum atomic E-state index is -0.278. The molecule has 0 unspecified atom stereocenters. The molecule has 25 heavy (non-hydrogen) atoms. The molecule has 0 aliphatic carbocycles. The number of aromatic nitrogens is 3. The molecular formula is C18H26FN5S. The van der Waals surface area contributed by atoms with E-state index in [1.807, 2.05) is 13.1 Å². The number of nitrogens with zero attached hydrogens (tertiary/aromatic N) is 5. The van der Waals surface area contributed by atoms with Crippen LogP contribution in [-0.4, -0.2) is 56.9 Å². The van der Waals surface area contributed by atoms with Gasteiger partial charge in [0.2, 0.25) is 0 Å². The van der Waals surface area contributed by atoms with Crippen molar-refractivity contribution in [1.82, 2.24) is 24.1 Å². The average molecular weight is 364 g/mol. The largest absolute Gasteiger partial charge is 0.303 e. The zero-order valence-corrected chi connectivity index (χ0v) is 16.0. The molecule has 5 nitrogen and oxygen atoms in total. The topological polar surface area (TPSA) is 29.2 Å². The van der Waals surface area contributed by atoms with E-state index in [1.165, 1.54) is 6.07 Å². The average Bonchev–Trinajstić information content (AvgIpc) is 2.85. The molecule has 0 saturated carbocycles. The van der Waals surface area contributed by atoms with Crippen molar-refractivity contribution in [2.75, 3.05) is 32.7 Å². The van der Waals surface area contributed by atoms with Crippen LogP contribution in [0.25, 0.3) is 11.4 Å². The Morgan fingerprint density at radius 3 is 2.40 bits per heavy atom. The molecule has 0 N–H and O–H groups in total. The second kappa shape index (κ2) is 7.76. The molecule has 1 aromatic heterocycles. The van der Waals surface area contributed by atoms with Gasteiger partial charge in [-0.05, 0) is 30.3 Å². The lowest BCUT2D eigenvalue weighted by atomic mass is 10.2. The maximum Gasteiger partial charge on any atom is 0.199 e. The zero-order chi connectivity index (χ0) is 18.0. The Bertz CT molecular complexity index is 774. The van der Waals surface area contributed by atoms with Crippen LogP contribution in [0.2, 0.25) is 0 Å². The van der Waals surface area contributed by atoms with Gasteiger partial charge in [-0.3, -0.25) is 4.90 Å². The predicted molar refractivity (Wildman–Crippen MR) is 100 cm³/mol. The molecule has 2 heterocycles. The van der Waals surface area contributed by atoms with Gasteiger partial charge >= 0.3 is 0 Å². The van der Waals surface area contributed by atoms with Crippen LogP contribution in [0.3, 0.4) is 0 Å². The van der Waals surface area contributed by atoms with Gasteiger partial charge < -0.3 is 9.47 Å². The molecule has 7 heteroatoms. The fourth-order valence-electron chi connectivity index (χ4n) is 3.28. The molecule has 2 aromatic rings. The first-order chi connectivity index (χ1) is 12.0. The van der Waals surface area contributed by atoms with Crippen LogP contribution in [0.1, 0.15) is 13.8 Å². The summed E-state index contributed by atoms with van der Waals surface area (Å²) in [4.78, 5) is 4.86. The Balaban J connectivity index is 1.72. The molecule has 0 radical (unpaired) electrons. The summed E-state index contributed by atoms with van der Waals surface area (Å²) in [5, 5.41) is 4.58. The number of piperazine rings is 1. The van der Waals surface area contributed by atoms with Crippen LogP contribution in [0.4, 0.5) is 4.39 Å². The third kappa shape index (κ3) is 4.16. The molecule has 0 amide bonds. The summed E-state index contributed by atoms with van der Waals surface area (Å²) in [5.41, 5.74) is 0.483. The molecule has 1 fully saturated rings. The van der Waals surface area contributed by atoms with Crippen LogP contribution >= 0.6 is 12.2 Å². The van der Waals surface area contributed by atoms with Crippen LogP contribution in [0, 0.1) is 16.5 Å². The third-order valence-electron chi connectivity index (χ3n) is 4.58. The molecular weight excluding hydrogens is 337 g/mol. The van der Waals surface area contributed by atoms with Gasteiger partial charge in [0.1, 0.15) is 5.82 Å². The maximum absolute atomic E-state index is 14.1. The lowest BCUT2D eigenvalue weighted by Gasteiger charge is -2.35. The number of rotatable bonds is 5. The van der Waals surface area contributed by atoms with E-state index in [-0.39, 0.29) is 5.82 Å². The Labute approximate surface area is 153 Å². The van der Waals surface area contributed by atoms with Crippen LogP contribution in [0.15, 0.2) is 24.3 Å². The molecule has 1 aliphatic rings. The summed E-state index contributed by atoms with van der Waals surface area (Å²) >= 11 is 5.51. The van der Waals surface area contributed by atoms with E-state index in [9.17, 15) is 4.39 Å². The zero-order valence-electron chi connectivity index (χ0n) is 15.2. The van der Waals surface area contributed by atoms with Gasteiger partial charge in [0, 0.05) is 39.8 Å². The van der Waals surface area contributed by atoms with Crippen molar-refractivity contribution in [2.45, 2.75) is 20.5 Å². The summed E-state index contributed by atoms with van der Waals surface area (Å²) < 4.78 is 18.3. The fraction of sp³-hybridized carbons (Fsp3) is 0.556. The highest BCUT2D eigenvalue weighted by Crippen LogP contribution is 2.21. The quantitative estimate of drug-likeness (QED) is 0.764. The smallest absolute Gasteiger partial charge is 0.199 e. The first-order valence-corrected chi connectivity index (χ1v) is 9.20. The molecule has 3 rings (SSSR count). The van der Waals surface area contributed by atoms with E-state index in [1.54, 1.807) is 21.4 Å². The summed E-state index contributed by atoms with van der Waals surface area (Å²) in [5.74, 6) is 0.987. The lowest BCUT2D eigenvalue weighted by molar-refractivity contribution is 0.0950. The summed E-state index contributed by atoms with van der Waals surface area (Å²) in [6.45, 7) is 10.4. The maximum atomic E-state index is 14.1. The Hall–Kier alpha value is -1.57. The van der Waals surface area contributed by atoms with Gasteiger partial charge in [-0.1, -0.05) is 26.0 Å². The fourth-order valence-corrected chi connectivity index (χ4v) is 3.46. The van der Waals surface area contributed by atoms with Gasteiger partial charge in [-0.25, -0.2) is 9.07 Å². The van der Waals surface area contributed by atoms with Gasteiger partial charge in [-0.2, -0.15) is 5.10 Å². The Kier molecular flexibility index (Phi) is 5.66. The number of halogens is 1. The van der Waals surface area contributed by atoms with Crippen molar-refractivity contribution in [3.05, 3.63) is 34.9 Å². The van der Waals surface area contributed by atoms with E-state index in [0.29, 0.717) is 28.7 Å². The SMILES string of the molecule is CC(C)CN1CCN(Cn2nc(-c3ccccc3F)n(C)c2=S)CC1. The predicted octanol–water partition coefficient (Wildman–Crippen LogP) is 2.99. The summed E-state index contributed by atoms with van der Waals surface area (Å²) in [6.07, 6.45) is 0. The van der Waals surface area contributed by atoms with Crippen molar-refractivity contribution in [3.8, 4) is 11.4 Å². The van der Waals surface area contributed by atoms with Crippen molar-refractivity contribution in [1.29, 1.82) is 0 Å². The minimum absolute atomic E-state index is 0.278. The highest BCUT2D eigenvalue weighted by atomic mass is 32.1. The van der Waals surface area contributed by atoms with E-state index in [0.717, 1.165) is 32.7 Å². The molecule has 136 valence electrons. The van der Waals surface area contributed by atoms with Crippen LogP contribution < -0.4 is 0 Å². The van der Waals surface area contributed by atoms with E-state index in [2.05, 4.69) is 28.7 Å². The van der Waals surface area contributed by atoms with Gasteiger partial charge in [0.25, 0.3) is 0 Å². The molecule has 1 saturated heterocycles. The highest BCUT2D eigenvalue weighted by molar-refractivity contribution is 7.71. The second-order valence-electron chi connectivity index (χ2n) is 7.10. The molecule has 0 spiro atoms. The van der Waals surface area contributed by atoms with Gasteiger partial charge in [-0.15, -0.1) is 0 Å². The monoisotopic (exact) mass is 363 g/mol. The third-order valence-corrected chi connectivity index (χ3v) is 5.06. The minimum Gasteiger partial charge on any atom is -0.303 e. The normalized spacial score (nSPS) is 16.7. The van der Waals surface area contributed by atoms with Crippen molar-refractivity contribution >= 4 is 12.2 Å². The summed E-state index contributed by atoms with van der Waals surface area (Å²) in [6, 6.07) is 6.68. The highest BCUT2D eigenvalue weighted by Gasteiger charge is 2.20. The van der Waals surface area contributed by atoms with E-state index in [4.69, 9.17) is 12.2 Å². The molecule has 0 atom stereocenters. The standard InChI is InChI=1S/C18H26FN5S/c1-14(2)12-22-8-10-23(11-9-22)13-24-18(25)21(3)17(20-24)15-6-4-5-7-16(15)19/h4-7,14H,8-13H2,1-3H3. The molecule has 1 aliphatic heterocycles. The summed E-state index contributed by atoms with van der Waals surface area (Å²) in [7, 11) is 1.84. The van der Waals surface area contributed by atoms with Crippen molar-refractivity contribution in [2.24, 2.45) is 13.0 Å². The molecule has 0 bridgehead atoms. The Morgan fingerprint density at radius 1 is 1.12 bits per heavy atom. The first-order valence-electron chi connectivity index (χ1n) is 8.79. The lowest BCUT2D eigenvalue weighted by Crippen LogP contribution is -2.47.